The number of rotatable bonds is 2. The van der Waals surface area contributed by atoms with Crippen molar-refractivity contribution in [2.45, 2.75) is 37.7 Å². The number of carbonyl (C=O) groups excluding carboxylic acids is 1. The third-order valence-electron chi connectivity index (χ3n) is 5.51. The molecule has 7 heteroatoms. The summed E-state index contributed by atoms with van der Waals surface area (Å²) in [6, 6.07) is 7.54. The number of aliphatic hydroxyl groups is 1. The fourth-order valence-corrected chi connectivity index (χ4v) is 4.44. The van der Waals surface area contributed by atoms with Gasteiger partial charge in [0.05, 0.1) is 5.60 Å². The van der Waals surface area contributed by atoms with Gasteiger partial charge in [-0.1, -0.05) is 29.5 Å². The summed E-state index contributed by atoms with van der Waals surface area (Å²) in [6.07, 6.45) is 4.81. The van der Waals surface area contributed by atoms with Crippen molar-refractivity contribution in [2.75, 3.05) is 18.4 Å². The first kappa shape index (κ1) is 16.5. The standard InChI is InChI=1S/C18H22N4O2S/c23-17(22-10-9-18(24)8-2-1-3-14(18)11-22)19-15-6-4-13(5-7-15)16-12-25-21-20-16/h4-7,12,14,24H,1-3,8-11H2,(H,19,23)/t14-,18-/m1/s1. The first-order chi connectivity index (χ1) is 12.1. The van der Waals surface area contributed by atoms with E-state index in [1.807, 2.05) is 34.5 Å². The average Bonchev–Trinajstić information content (AvgIpc) is 3.16. The molecule has 4 rings (SSSR count). The van der Waals surface area contributed by atoms with Gasteiger partial charge < -0.3 is 15.3 Å². The van der Waals surface area contributed by atoms with Crippen LogP contribution in [0.2, 0.25) is 0 Å². The molecule has 25 heavy (non-hydrogen) atoms. The van der Waals surface area contributed by atoms with Crippen LogP contribution in [0.5, 0.6) is 0 Å². The van der Waals surface area contributed by atoms with E-state index in [4.69, 9.17) is 0 Å². The number of hydrogen-bond acceptors (Lipinski definition) is 5. The molecule has 1 saturated carbocycles. The van der Waals surface area contributed by atoms with E-state index < -0.39 is 5.60 Å². The van der Waals surface area contributed by atoms with Crippen LogP contribution in [0.15, 0.2) is 29.6 Å². The van der Waals surface area contributed by atoms with Gasteiger partial charge in [0.1, 0.15) is 5.69 Å². The second kappa shape index (κ2) is 6.72. The van der Waals surface area contributed by atoms with E-state index in [1.54, 1.807) is 0 Å². The summed E-state index contributed by atoms with van der Waals surface area (Å²) in [4.78, 5) is 14.4. The number of benzene rings is 1. The first-order valence-corrected chi connectivity index (χ1v) is 9.63. The SMILES string of the molecule is O=C(Nc1ccc(-c2csnn2)cc1)N1CC[C@]2(O)CCCC[C@@H]2C1. The Morgan fingerprint density at radius 3 is 2.88 bits per heavy atom. The third kappa shape index (κ3) is 3.39. The molecule has 0 spiro atoms. The van der Waals surface area contributed by atoms with Crippen LogP contribution in [0, 0.1) is 5.92 Å². The third-order valence-corrected chi connectivity index (χ3v) is 6.01. The van der Waals surface area contributed by atoms with Crippen LogP contribution in [-0.4, -0.2) is 44.3 Å². The number of carbonyl (C=O) groups is 1. The molecule has 2 amide bonds. The van der Waals surface area contributed by atoms with Gasteiger partial charge >= 0.3 is 6.03 Å². The average molecular weight is 358 g/mol. The topological polar surface area (TPSA) is 78.4 Å². The molecule has 6 nitrogen and oxygen atoms in total. The number of nitrogens with zero attached hydrogens (tertiary/aromatic N) is 3. The van der Waals surface area contributed by atoms with Crippen LogP contribution in [0.3, 0.4) is 0 Å². The van der Waals surface area contributed by atoms with Crippen LogP contribution in [0.1, 0.15) is 32.1 Å². The molecular formula is C18H22N4O2S. The van der Waals surface area contributed by atoms with Crippen molar-refractivity contribution in [2.24, 2.45) is 5.92 Å². The number of nitrogens with one attached hydrogen (secondary N) is 1. The summed E-state index contributed by atoms with van der Waals surface area (Å²) in [5.74, 6) is 0.209. The van der Waals surface area contributed by atoms with Crippen LogP contribution in [0.4, 0.5) is 10.5 Å². The van der Waals surface area contributed by atoms with Gasteiger partial charge in [-0.15, -0.1) is 5.10 Å². The Morgan fingerprint density at radius 1 is 1.28 bits per heavy atom. The predicted octanol–water partition coefficient (Wildman–Crippen LogP) is 3.36. The second-order valence-electron chi connectivity index (χ2n) is 7.04. The largest absolute Gasteiger partial charge is 0.389 e. The van der Waals surface area contributed by atoms with Crippen molar-refractivity contribution in [3.8, 4) is 11.3 Å². The minimum atomic E-state index is -0.557. The zero-order valence-electron chi connectivity index (χ0n) is 14.0. The molecule has 1 aromatic carbocycles. The highest BCUT2D eigenvalue weighted by molar-refractivity contribution is 7.03. The maximum Gasteiger partial charge on any atom is 0.321 e. The van der Waals surface area contributed by atoms with E-state index in [2.05, 4.69) is 14.9 Å². The van der Waals surface area contributed by atoms with Crippen molar-refractivity contribution < 1.29 is 9.90 Å². The molecule has 2 N–H and O–H groups in total. The lowest BCUT2D eigenvalue weighted by Gasteiger charge is -2.47. The summed E-state index contributed by atoms with van der Waals surface area (Å²) >= 11 is 1.32. The molecule has 0 radical (unpaired) electrons. The maximum absolute atomic E-state index is 12.6. The number of amides is 2. The van der Waals surface area contributed by atoms with Crippen LogP contribution in [-0.2, 0) is 0 Å². The van der Waals surface area contributed by atoms with E-state index in [0.717, 1.165) is 42.6 Å². The molecule has 2 aliphatic rings. The molecule has 1 aliphatic heterocycles. The Balaban J connectivity index is 1.39. The van der Waals surface area contributed by atoms with Gasteiger partial charge in [0.15, 0.2) is 0 Å². The van der Waals surface area contributed by atoms with E-state index in [0.29, 0.717) is 19.5 Å². The Hall–Kier alpha value is -1.99. The van der Waals surface area contributed by atoms with Crippen molar-refractivity contribution in [3.05, 3.63) is 29.6 Å². The summed E-state index contributed by atoms with van der Waals surface area (Å²) in [5, 5.41) is 19.6. The number of anilines is 1. The van der Waals surface area contributed by atoms with E-state index in [-0.39, 0.29) is 11.9 Å². The summed E-state index contributed by atoms with van der Waals surface area (Å²) in [6.45, 7) is 1.26. The zero-order valence-corrected chi connectivity index (χ0v) is 14.8. The number of piperidine rings is 1. The van der Waals surface area contributed by atoms with Crippen LogP contribution in [0.25, 0.3) is 11.3 Å². The highest BCUT2D eigenvalue weighted by Crippen LogP contribution is 2.39. The first-order valence-electron chi connectivity index (χ1n) is 8.80. The normalized spacial score (nSPS) is 26.1. The summed E-state index contributed by atoms with van der Waals surface area (Å²) in [5.41, 5.74) is 2.03. The van der Waals surface area contributed by atoms with Gasteiger partial charge in [-0.3, -0.25) is 0 Å². The summed E-state index contributed by atoms with van der Waals surface area (Å²) < 4.78 is 3.86. The Bertz CT molecular complexity index is 734. The lowest BCUT2D eigenvalue weighted by atomic mass is 9.71. The quantitative estimate of drug-likeness (QED) is 0.863. The van der Waals surface area contributed by atoms with E-state index in [9.17, 15) is 9.90 Å². The van der Waals surface area contributed by atoms with Gasteiger partial charge in [-0.2, -0.15) is 0 Å². The predicted molar refractivity (Wildman–Crippen MR) is 97.5 cm³/mol. The molecule has 2 heterocycles. The van der Waals surface area contributed by atoms with Crippen molar-refractivity contribution in [3.63, 3.8) is 0 Å². The smallest absolute Gasteiger partial charge is 0.321 e. The molecule has 2 aromatic rings. The van der Waals surface area contributed by atoms with Gasteiger partial charge in [0.25, 0.3) is 0 Å². The molecule has 1 aromatic heterocycles. The molecule has 2 fully saturated rings. The fourth-order valence-electron chi connectivity index (χ4n) is 3.97. The molecule has 2 atom stereocenters. The lowest BCUT2D eigenvalue weighted by molar-refractivity contribution is -0.0863. The van der Waals surface area contributed by atoms with Crippen molar-refractivity contribution in [1.29, 1.82) is 0 Å². The number of fused-ring (bicyclic) bond motifs is 1. The van der Waals surface area contributed by atoms with Gasteiger partial charge in [-0.25, -0.2) is 4.79 Å². The molecule has 1 saturated heterocycles. The lowest BCUT2D eigenvalue weighted by Crippen LogP contribution is -2.55. The van der Waals surface area contributed by atoms with Crippen molar-refractivity contribution >= 4 is 23.3 Å². The minimum absolute atomic E-state index is 0.0873. The minimum Gasteiger partial charge on any atom is -0.389 e. The number of urea groups is 1. The van der Waals surface area contributed by atoms with E-state index >= 15 is 0 Å². The van der Waals surface area contributed by atoms with Crippen LogP contribution < -0.4 is 5.32 Å². The van der Waals surface area contributed by atoms with Crippen molar-refractivity contribution in [1.82, 2.24) is 14.5 Å². The van der Waals surface area contributed by atoms with Gasteiger partial charge in [0.2, 0.25) is 0 Å². The van der Waals surface area contributed by atoms with Crippen LogP contribution >= 0.6 is 11.5 Å². The maximum atomic E-state index is 12.6. The highest BCUT2D eigenvalue weighted by Gasteiger charge is 2.43. The molecule has 1 aliphatic carbocycles. The monoisotopic (exact) mass is 358 g/mol. The highest BCUT2D eigenvalue weighted by atomic mass is 32.1. The second-order valence-corrected chi connectivity index (χ2v) is 7.65. The fraction of sp³-hybridized carbons (Fsp3) is 0.500. The molecule has 0 bridgehead atoms. The Labute approximate surface area is 151 Å². The Kier molecular flexibility index (Phi) is 4.43. The molecule has 0 unspecified atom stereocenters. The number of hydrogen-bond donors (Lipinski definition) is 2. The Morgan fingerprint density at radius 2 is 2.12 bits per heavy atom. The number of aromatic nitrogens is 2. The van der Waals surface area contributed by atoms with Gasteiger partial charge in [-0.05, 0) is 42.9 Å². The summed E-state index contributed by atoms with van der Waals surface area (Å²) in [7, 11) is 0. The van der Waals surface area contributed by atoms with Gasteiger partial charge in [0, 0.05) is 35.6 Å². The molecule has 132 valence electrons. The number of likely N-dealkylation sites (tertiary alicyclic amines) is 1. The zero-order chi connectivity index (χ0) is 17.3. The molecular weight excluding hydrogens is 336 g/mol. The van der Waals surface area contributed by atoms with E-state index in [1.165, 1.54) is 11.5 Å².